The number of hydrogen-bond acceptors (Lipinski definition) is 32. The molecule has 0 spiro atoms. The van der Waals surface area contributed by atoms with Crippen molar-refractivity contribution in [3.8, 4) is 0 Å². The molecular weight excluding hydrogens is 1680 g/mol. The van der Waals surface area contributed by atoms with Crippen molar-refractivity contribution in [3.05, 3.63) is 99.2 Å². The predicted octanol–water partition coefficient (Wildman–Crippen LogP) is 13.1. The van der Waals surface area contributed by atoms with E-state index in [1.807, 2.05) is 13.8 Å². The second kappa shape index (κ2) is 100. The van der Waals surface area contributed by atoms with Gasteiger partial charge in [0.2, 0.25) is 0 Å². The Hall–Kier alpha value is -12.2. The first-order valence-electron chi connectivity index (χ1n) is 42.6. The van der Waals surface area contributed by atoms with Gasteiger partial charge < -0.3 is 118 Å². The summed E-state index contributed by atoms with van der Waals surface area (Å²) in [5, 5.41) is 19.7. The van der Waals surface area contributed by atoms with Gasteiger partial charge in [-0.15, -0.1) is 0 Å². The van der Waals surface area contributed by atoms with E-state index in [-0.39, 0.29) is 117 Å². The van der Waals surface area contributed by atoms with E-state index in [2.05, 4.69) is 142 Å². The summed E-state index contributed by atoms with van der Waals surface area (Å²) in [7, 11) is 0. The number of ether oxygens (including phenoxy) is 16. The summed E-state index contributed by atoms with van der Waals surface area (Å²) in [5.74, 6) is -3.85. The van der Waals surface area contributed by atoms with E-state index in [9.17, 15) is 76.7 Å². The molecule has 0 aromatic carbocycles. The van der Waals surface area contributed by atoms with E-state index in [0.717, 1.165) is 140 Å². The third kappa shape index (κ3) is 116. The second-order valence-corrected chi connectivity index (χ2v) is 26.5. The summed E-state index contributed by atoms with van der Waals surface area (Å²) in [6.07, 6.45) is 18.2. The lowest BCUT2D eigenvalue weighted by atomic mass is 10.2. The van der Waals surface area contributed by atoms with Gasteiger partial charge in [-0.2, -0.15) is 0 Å². The SMILES string of the molecule is C=C(C)C(=O)OCCNC(=O)OC(C)C.C=C(C)C(=O)OCCNC(=O)OCCCC.C=C(C)C(=O)OCCNC(=O)OCCCCC.C=C(C)C(=O)OCCNC(=O)OCCCCCC.C=CC(=O)OCCNC(=O)OC(C)C.C=CC(=O)OCCNC(=O)OCCCC.C=CC(=O)OCCNC(=O)OCCCCC.C=CC(=O)OCCNC(=O)OCCCCCC. The Labute approximate surface area is 757 Å². The number of unbranched alkanes of at least 4 members (excludes halogenated alkanes) is 12. The summed E-state index contributed by atoms with van der Waals surface area (Å²) in [4.78, 5) is 174. The molecular formula is C88H152N8O32. The van der Waals surface area contributed by atoms with Gasteiger partial charge in [0.05, 0.1) is 104 Å². The molecule has 40 heteroatoms. The molecule has 0 saturated carbocycles. The zero-order chi connectivity index (χ0) is 98.8. The number of nitrogens with one attached hydrogen (secondary N) is 8. The maximum absolute atomic E-state index is 11.2. The zero-order valence-electron chi connectivity index (χ0n) is 78.5. The molecule has 0 saturated heterocycles. The van der Waals surface area contributed by atoms with Crippen molar-refractivity contribution in [1.29, 1.82) is 0 Å². The highest BCUT2D eigenvalue weighted by Crippen LogP contribution is 2.03. The molecule has 736 valence electrons. The Morgan fingerprint density at radius 3 is 0.539 bits per heavy atom. The number of amides is 8. The van der Waals surface area contributed by atoms with Gasteiger partial charge in [-0.1, -0.05) is 171 Å². The molecule has 0 aliphatic carbocycles. The molecule has 0 heterocycles. The van der Waals surface area contributed by atoms with Crippen molar-refractivity contribution in [1.82, 2.24) is 42.5 Å². The smallest absolute Gasteiger partial charge is 0.407 e. The van der Waals surface area contributed by atoms with Crippen LogP contribution in [0.2, 0.25) is 0 Å². The molecule has 8 N–H and O–H groups in total. The first-order valence-corrected chi connectivity index (χ1v) is 42.6. The normalized spacial score (nSPS) is 9.44. The van der Waals surface area contributed by atoms with Crippen molar-refractivity contribution in [2.45, 2.75) is 225 Å². The first kappa shape index (κ1) is 131. The summed E-state index contributed by atoms with van der Waals surface area (Å²) in [6, 6.07) is 0. The van der Waals surface area contributed by atoms with E-state index >= 15 is 0 Å². The fourth-order valence-electron chi connectivity index (χ4n) is 6.99. The summed E-state index contributed by atoms with van der Waals surface area (Å²) < 4.78 is 76.5. The van der Waals surface area contributed by atoms with Crippen LogP contribution in [0.4, 0.5) is 38.4 Å². The van der Waals surface area contributed by atoms with Crippen molar-refractivity contribution < 1.29 is 153 Å². The molecule has 0 unspecified atom stereocenters. The van der Waals surface area contributed by atoms with Gasteiger partial charge in [-0.05, 0) is 93.9 Å². The molecule has 128 heavy (non-hydrogen) atoms. The van der Waals surface area contributed by atoms with E-state index in [4.69, 9.17) is 56.8 Å². The molecule has 0 aliphatic rings. The summed E-state index contributed by atoms with van der Waals surface area (Å²) in [5.41, 5.74) is 1.35. The fourth-order valence-corrected chi connectivity index (χ4v) is 6.99. The Bertz CT molecular complexity index is 3140. The Morgan fingerprint density at radius 1 is 0.219 bits per heavy atom. The minimum atomic E-state index is -0.519. The molecule has 0 bridgehead atoms. The van der Waals surface area contributed by atoms with Crippen LogP contribution in [-0.2, 0) is 114 Å². The van der Waals surface area contributed by atoms with Crippen molar-refractivity contribution in [2.75, 3.05) is 145 Å². The fraction of sp³-hybridized carbons (Fsp3) is 0.636. The highest BCUT2D eigenvalue weighted by molar-refractivity contribution is 5.88. The van der Waals surface area contributed by atoms with E-state index in [1.165, 1.54) is 0 Å². The second-order valence-electron chi connectivity index (χ2n) is 26.5. The van der Waals surface area contributed by atoms with Gasteiger partial charge in [0.1, 0.15) is 52.9 Å². The van der Waals surface area contributed by atoms with Crippen LogP contribution in [0.1, 0.15) is 213 Å². The Morgan fingerprint density at radius 2 is 0.375 bits per heavy atom. The van der Waals surface area contributed by atoms with Crippen molar-refractivity contribution in [3.63, 3.8) is 0 Å². The maximum Gasteiger partial charge on any atom is 0.407 e. The lowest BCUT2D eigenvalue weighted by molar-refractivity contribution is -0.139. The summed E-state index contributed by atoms with van der Waals surface area (Å²) >= 11 is 0. The lowest BCUT2D eigenvalue weighted by Crippen LogP contribution is -2.30. The van der Waals surface area contributed by atoms with E-state index in [1.54, 1.807) is 55.4 Å². The van der Waals surface area contributed by atoms with Gasteiger partial charge in [0.15, 0.2) is 0 Å². The monoisotopic (exact) mass is 1830 g/mol. The maximum atomic E-state index is 11.2. The van der Waals surface area contributed by atoms with Gasteiger partial charge in [0.25, 0.3) is 0 Å². The van der Waals surface area contributed by atoms with Gasteiger partial charge in [-0.25, -0.2) is 76.7 Å². The first-order chi connectivity index (χ1) is 60.8. The lowest BCUT2D eigenvalue weighted by Gasteiger charge is -2.09. The van der Waals surface area contributed by atoms with Crippen molar-refractivity contribution >= 4 is 96.5 Å². The highest BCUT2D eigenvalue weighted by atomic mass is 16.6. The van der Waals surface area contributed by atoms with Crippen LogP contribution >= 0.6 is 0 Å². The third-order valence-electron chi connectivity index (χ3n) is 13.5. The minimum Gasteiger partial charge on any atom is -0.461 e. The Kier molecular flexibility index (Phi) is 103. The molecule has 40 nitrogen and oxygen atoms in total. The molecule has 0 aliphatic heterocycles. The van der Waals surface area contributed by atoms with Crippen molar-refractivity contribution in [2.24, 2.45) is 0 Å². The topological polar surface area (TPSA) is 517 Å². The van der Waals surface area contributed by atoms with E-state index in [0.29, 0.717) is 61.9 Å². The molecule has 8 amide bonds. The third-order valence-corrected chi connectivity index (χ3v) is 13.5. The van der Waals surface area contributed by atoms with Crippen LogP contribution in [0.5, 0.6) is 0 Å². The number of alkyl carbamates (subject to hydrolysis) is 8. The van der Waals surface area contributed by atoms with Crippen LogP contribution in [0, 0.1) is 0 Å². The van der Waals surface area contributed by atoms with Crippen LogP contribution in [0.15, 0.2) is 99.2 Å². The molecule has 0 aromatic heterocycles. The Balaban J connectivity index is -0.000000215. The number of carbonyl (C=O) groups excluding carboxylic acids is 16. The number of rotatable bonds is 58. The highest BCUT2D eigenvalue weighted by Gasteiger charge is 2.12. The molecule has 0 atom stereocenters. The molecule has 0 rings (SSSR count). The van der Waals surface area contributed by atoms with Crippen LogP contribution in [-0.4, -0.2) is 254 Å². The zero-order valence-corrected chi connectivity index (χ0v) is 78.5. The van der Waals surface area contributed by atoms with Gasteiger partial charge >= 0.3 is 96.5 Å². The van der Waals surface area contributed by atoms with Gasteiger partial charge in [-0.3, -0.25) is 0 Å². The molecule has 0 radical (unpaired) electrons. The number of carbonyl (C=O) groups is 16. The largest absolute Gasteiger partial charge is 0.461 e. The van der Waals surface area contributed by atoms with Gasteiger partial charge in [0, 0.05) is 46.6 Å². The standard InChI is InChI=1S/C13H23NO4.2C12H21NO4.2C11H19NO4.2C10H17NO4.C9H15NO4/c1-4-5-6-7-9-18-13(16)14-8-10-17-12(15)11(2)3;1-4-5-6-8-17-12(15)13-7-9-16-11(14)10(2)3;1-3-5-6-7-9-17-12(15)13-8-10-16-11(14)4-2;1-4-5-7-16-11(14)12-6-8-15-10(13)9(2)3;1-3-5-6-8-16-11(14)12-7-9-15-10(13)4-2;1-7(2)9(12)14-6-5-11-10(13)15-8(3)4;1-3-5-7-15-10(13)11-6-8-14-9(12)4-2;1-4-8(11)13-6-5-10-9(12)14-7(2)3/h2,4-10H2,1,3H3,(H,14,16);2,4-9H2,1,3H3,(H,13,15);4H,2-3,5-10H2,1H3,(H,13,15);2,4-8H2,1,3H3,(H,12,14);4H,2-3,5-9H2,1H3,(H,12,14);8H,1,5-6H2,2-4H3,(H,11,13);4H,2-3,5-8H2,1H3,(H,11,13);4,7H,1,5-6H2,2-3H3,(H,10,12). The average Bonchev–Trinajstić information content (AvgIpc) is 1.02. The number of hydrogen-bond donors (Lipinski definition) is 8. The predicted molar refractivity (Wildman–Crippen MR) is 480 cm³/mol. The quantitative estimate of drug-likeness (QED) is 0.0121. The molecule has 0 aromatic rings. The van der Waals surface area contributed by atoms with Crippen LogP contribution in [0.25, 0.3) is 0 Å². The molecule has 0 fully saturated rings. The average molecular weight is 1830 g/mol. The minimum absolute atomic E-state index is 0.109. The van der Waals surface area contributed by atoms with Crippen LogP contribution in [0.3, 0.4) is 0 Å². The van der Waals surface area contributed by atoms with Crippen LogP contribution < -0.4 is 42.5 Å². The number of esters is 8. The van der Waals surface area contributed by atoms with E-state index < -0.39 is 96.5 Å². The summed E-state index contributed by atoms with van der Waals surface area (Å²) in [6.45, 7) is 57.8.